The Labute approximate surface area is 107 Å². The van der Waals surface area contributed by atoms with Crippen LogP contribution in [0.1, 0.15) is 41.8 Å². The third kappa shape index (κ3) is 3.18. The first kappa shape index (κ1) is 12.3. The van der Waals surface area contributed by atoms with Crippen molar-refractivity contribution < 1.29 is 0 Å². The Kier molecular flexibility index (Phi) is 4.35. The van der Waals surface area contributed by atoms with Crippen molar-refractivity contribution in [2.75, 3.05) is 0 Å². The number of hydrogen-bond acceptors (Lipinski definition) is 2. The van der Waals surface area contributed by atoms with Gasteiger partial charge in [0, 0.05) is 4.88 Å². The molecule has 1 atom stereocenters. The summed E-state index contributed by atoms with van der Waals surface area (Å²) in [4.78, 5) is 1.23. The summed E-state index contributed by atoms with van der Waals surface area (Å²) in [7, 11) is 0. The molecule has 0 spiro atoms. The van der Waals surface area contributed by atoms with E-state index in [0.717, 1.165) is 0 Å². The maximum atomic E-state index is 6.22. The quantitative estimate of drug-likeness (QED) is 0.841. The lowest BCUT2D eigenvalue weighted by Crippen LogP contribution is -2.09. The number of benzene rings is 1. The molecular weight excluding hydrogens is 226 g/mol. The van der Waals surface area contributed by atoms with Gasteiger partial charge in [-0.1, -0.05) is 43.7 Å². The van der Waals surface area contributed by atoms with Crippen LogP contribution in [0.5, 0.6) is 0 Å². The minimum Gasteiger partial charge on any atom is -0.320 e. The molecule has 0 aliphatic carbocycles. The van der Waals surface area contributed by atoms with Crippen LogP contribution in [-0.4, -0.2) is 0 Å². The molecule has 0 aliphatic heterocycles. The highest BCUT2D eigenvalue weighted by atomic mass is 32.1. The molecule has 2 heteroatoms. The van der Waals surface area contributed by atoms with E-state index in [1.165, 1.54) is 35.3 Å². The Morgan fingerprint density at radius 2 is 1.94 bits per heavy atom. The van der Waals surface area contributed by atoms with Crippen molar-refractivity contribution in [2.45, 2.75) is 32.2 Å². The smallest absolute Gasteiger partial charge is 0.0645 e. The molecule has 17 heavy (non-hydrogen) atoms. The van der Waals surface area contributed by atoms with E-state index in [2.05, 4.69) is 48.7 Å². The molecule has 0 unspecified atom stereocenters. The summed E-state index contributed by atoms with van der Waals surface area (Å²) < 4.78 is 0. The first-order valence-electron chi connectivity index (χ1n) is 6.19. The lowest BCUT2D eigenvalue weighted by molar-refractivity contribution is 0.793. The molecule has 1 heterocycles. The first-order chi connectivity index (χ1) is 8.31. The van der Waals surface area contributed by atoms with E-state index in [1.807, 2.05) is 0 Å². The van der Waals surface area contributed by atoms with Gasteiger partial charge in [-0.25, -0.2) is 0 Å². The molecule has 0 aliphatic rings. The summed E-state index contributed by atoms with van der Waals surface area (Å²) in [6.45, 7) is 2.22. The predicted octanol–water partition coefficient (Wildman–Crippen LogP) is 4.14. The van der Waals surface area contributed by atoms with Gasteiger partial charge in [0.15, 0.2) is 0 Å². The van der Waals surface area contributed by atoms with Gasteiger partial charge in [0.1, 0.15) is 0 Å². The van der Waals surface area contributed by atoms with Crippen molar-refractivity contribution in [1.82, 2.24) is 0 Å². The number of thiophene rings is 1. The first-order valence-corrected chi connectivity index (χ1v) is 7.07. The molecule has 0 saturated heterocycles. The Morgan fingerprint density at radius 3 is 2.53 bits per heavy atom. The number of aryl methyl sites for hydroxylation is 1. The molecule has 0 bridgehead atoms. The highest BCUT2D eigenvalue weighted by Crippen LogP contribution is 2.24. The van der Waals surface area contributed by atoms with E-state index in [-0.39, 0.29) is 6.04 Å². The van der Waals surface area contributed by atoms with E-state index in [4.69, 9.17) is 5.73 Å². The Morgan fingerprint density at radius 1 is 1.18 bits per heavy atom. The molecule has 1 nitrogen and oxygen atoms in total. The van der Waals surface area contributed by atoms with E-state index < -0.39 is 0 Å². The molecular formula is C15H19NS. The topological polar surface area (TPSA) is 26.0 Å². The van der Waals surface area contributed by atoms with Gasteiger partial charge < -0.3 is 5.73 Å². The maximum Gasteiger partial charge on any atom is 0.0645 e. The normalized spacial score (nSPS) is 12.6. The summed E-state index contributed by atoms with van der Waals surface area (Å²) in [5.74, 6) is 0. The zero-order valence-electron chi connectivity index (χ0n) is 10.2. The maximum absolute atomic E-state index is 6.22. The molecule has 90 valence electrons. The second kappa shape index (κ2) is 5.99. The largest absolute Gasteiger partial charge is 0.320 e. The molecule has 0 amide bonds. The Bertz CT molecular complexity index is 430. The SMILES string of the molecule is CCCCc1ccc([C@H](N)c2cccs2)cc1. The van der Waals surface area contributed by atoms with Crippen LogP contribution in [0.15, 0.2) is 41.8 Å². The van der Waals surface area contributed by atoms with Gasteiger partial charge in [-0.2, -0.15) is 0 Å². The molecule has 2 rings (SSSR count). The molecule has 1 aromatic heterocycles. The fourth-order valence-corrected chi connectivity index (χ4v) is 2.66. The van der Waals surface area contributed by atoms with Crippen molar-refractivity contribution >= 4 is 11.3 Å². The van der Waals surface area contributed by atoms with Crippen LogP contribution < -0.4 is 5.73 Å². The summed E-state index contributed by atoms with van der Waals surface area (Å²) in [5, 5.41) is 2.07. The molecule has 0 radical (unpaired) electrons. The van der Waals surface area contributed by atoms with Gasteiger partial charge in [0.25, 0.3) is 0 Å². The summed E-state index contributed by atoms with van der Waals surface area (Å²) in [6, 6.07) is 12.9. The minimum atomic E-state index is 0.0234. The number of nitrogens with two attached hydrogens (primary N) is 1. The summed E-state index contributed by atoms with van der Waals surface area (Å²) in [5.41, 5.74) is 8.83. The van der Waals surface area contributed by atoms with Crippen LogP contribution in [0.2, 0.25) is 0 Å². The fourth-order valence-electron chi connectivity index (χ4n) is 1.91. The molecule has 2 N–H and O–H groups in total. The van der Waals surface area contributed by atoms with Crippen LogP contribution in [0.4, 0.5) is 0 Å². The van der Waals surface area contributed by atoms with Gasteiger partial charge in [-0.3, -0.25) is 0 Å². The van der Waals surface area contributed by atoms with Crippen LogP contribution in [0, 0.1) is 0 Å². The molecule has 0 fully saturated rings. The van der Waals surface area contributed by atoms with E-state index in [1.54, 1.807) is 11.3 Å². The Hall–Kier alpha value is -1.12. The standard InChI is InChI=1S/C15H19NS/c1-2-3-5-12-7-9-13(10-8-12)15(16)14-6-4-11-17-14/h4,6-11,15H,2-3,5,16H2,1H3/t15-/m0/s1. The minimum absolute atomic E-state index is 0.0234. The zero-order chi connectivity index (χ0) is 12.1. The Balaban J connectivity index is 2.07. The van der Waals surface area contributed by atoms with Crippen molar-refractivity contribution in [3.8, 4) is 0 Å². The van der Waals surface area contributed by atoms with Gasteiger partial charge in [0.2, 0.25) is 0 Å². The van der Waals surface area contributed by atoms with Crippen molar-refractivity contribution in [3.63, 3.8) is 0 Å². The number of hydrogen-bond donors (Lipinski definition) is 1. The van der Waals surface area contributed by atoms with E-state index in [9.17, 15) is 0 Å². The van der Waals surface area contributed by atoms with Crippen LogP contribution in [-0.2, 0) is 6.42 Å². The molecule has 0 saturated carbocycles. The lowest BCUT2D eigenvalue weighted by Gasteiger charge is -2.10. The van der Waals surface area contributed by atoms with Crippen LogP contribution in [0.25, 0.3) is 0 Å². The van der Waals surface area contributed by atoms with Crippen molar-refractivity contribution in [1.29, 1.82) is 0 Å². The van der Waals surface area contributed by atoms with E-state index in [0.29, 0.717) is 0 Å². The summed E-state index contributed by atoms with van der Waals surface area (Å²) >= 11 is 1.72. The highest BCUT2D eigenvalue weighted by molar-refractivity contribution is 7.10. The second-order valence-corrected chi connectivity index (χ2v) is 5.32. The van der Waals surface area contributed by atoms with Gasteiger partial charge in [-0.05, 0) is 35.4 Å². The second-order valence-electron chi connectivity index (χ2n) is 4.34. The molecule has 2 aromatic rings. The third-order valence-electron chi connectivity index (χ3n) is 3.01. The van der Waals surface area contributed by atoms with Gasteiger partial charge >= 0.3 is 0 Å². The van der Waals surface area contributed by atoms with Crippen LogP contribution >= 0.6 is 11.3 Å². The van der Waals surface area contributed by atoms with Gasteiger partial charge in [0.05, 0.1) is 6.04 Å². The monoisotopic (exact) mass is 245 g/mol. The van der Waals surface area contributed by atoms with Crippen molar-refractivity contribution in [2.24, 2.45) is 5.73 Å². The fraction of sp³-hybridized carbons (Fsp3) is 0.333. The number of rotatable bonds is 5. The summed E-state index contributed by atoms with van der Waals surface area (Å²) in [6.07, 6.45) is 3.68. The van der Waals surface area contributed by atoms with E-state index >= 15 is 0 Å². The third-order valence-corrected chi connectivity index (χ3v) is 3.96. The lowest BCUT2D eigenvalue weighted by atomic mass is 10.0. The molecule has 1 aromatic carbocycles. The zero-order valence-corrected chi connectivity index (χ0v) is 11.0. The average molecular weight is 245 g/mol. The van der Waals surface area contributed by atoms with Gasteiger partial charge in [-0.15, -0.1) is 11.3 Å². The van der Waals surface area contributed by atoms with Crippen LogP contribution in [0.3, 0.4) is 0 Å². The predicted molar refractivity (Wildman–Crippen MR) is 75.4 cm³/mol. The highest BCUT2D eigenvalue weighted by Gasteiger charge is 2.09. The number of unbranched alkanes of at least 4 members (excludes halogenated alkanes) is 1. The van der Waals surface area contributed by atoms with Crippen molar-refractivity contribution in [3.05, 3.63) is 57.8 Å². The average Bonchev–Trinajstić information content (AvgIpc) is 2.90.